The highest BCUT2D eigenvalue weighted by atomic mass is 32.2. The number of hydrogen-bond acceptors (Lipinski definition) is 6. The van der Waals surface area contributed by atoms with Crippen LogP contribution in [0.4, 0.5) is 11.4 Å². The van der Waals surface area contributed by atoms with Gasteiger partial charge in [-0.15, -0.1) is 4.40 Å². The van der Waals surface area contributed by atoms with E-state index in [0.29, 0.717) is 23.6 Å². The van der Waals surface area contributed by atoms with E-state index < -0.39 is 15.9 Å². The first-order valence-electron chi connectivity index (χ1n) is 10.4. The van der Waals surface area contributed by atoms with Crippen molar-refractivity contribution in [3.8, 4) is 0 Å². The number of likely N-dealkylation sites (tertiary alicyclic amines) is 1. The predicted octanol–water partition coefficient (Wildman–Crippen LogP) is 1.70. The zero-order valence-corrected chi connectivity index (χ0v) is 19.1. The minimum absolute atomic E-state index is 0.0254. The molecule has 0 unspecified atom stereocenters. The van der Waals surface area contributed by atoms with Gasteiger partial charge < -0.3 is 10.2 Å². The van der Waals surface area contributed by atoms with Crippen molar-refractivity contribution in [1.29, 1.82) is 0 Å². The van der Waals surface area contributed by atoms with E-state index in [-0.39, 0.29) is 23.2 Å². The molecule has 0 aromatic heterocycles. The summed E-state index contributed by atoms with van der Waals surface area (Å²) < 4.78 is 29.1. The number of carbonyl (C=O) groups excluding carboxylic acids is 2. The third-order valence-electron chi connectivity index (χ3n) is 5.32. The van der Waals surface area contributed by atoms with Gasteiger partial charge in [0.1, 0.15) is 12.4 Å². The zero-order chi connectivity index (χ0) is 23.6. The van der Waals surface area contributed by atoms with Crippen molar-refractivity contribution in [1.82, 2.24) is 10.3 Å². The molecule has 2 aliphatic rings. The van der Waals surface area contributed by atoms with Gasteiger partial charge in [0.05, 0.1) is 10.6 Å². The second-order valence-electron chi connectivity index (χ2n) is 7.83. The third-order valence-corrected chi connectivity index (χ3v) is 6.64. The van der Waals surface area contributed by atoms with Gasteiger partial charge in [-0.2, -0.15) is 8.42 Å². The van der Waals surface area contributed by atoms with Crippen LogP contribution in [0.25, 0.3) is 0 Å². The monoisotopic (exact) mass is 468 g/mol. The Kier molecular flexibility index (Phi) is 6.14. The number of carbonyl (C=O) groups is 2. The molecule has 2 aromatic rings. The fourth-order valence-corrected chi connectivity index (χ4v) is 4.54. The Morgan fingerprint density at radius 3 is 2.45 bits per heavy atom. The van der Waals surface area contributed by atoms with Crippen LogP contribution >= 0.6 is 0 Å². The molecule has 0 bridgehead atoms. The largest absolute Gasteiger partial charge is 0.362 e. The summed E-state index contributed by atoms with van der Waals surface area (Å²) in [5.74, 6) is -0.327. The highest BCUT2D eigenvalue weighted by molar-refractivity contribution is 7.90. The summed E-state index contributed by atoms with van der Waals surface area (Å²) in [5.41, 5.74) is 4.76. The Hall–Kier alpha value is -3.73. The number of rotatable bonds is 5. The van der Waals surface area contributed by atoms with Crippen molar-refractivity contribution in [2.75, 3.05) is 30.5 Å². The van der Waals surface area contributed by atoms with Crippen LogP contribution in [0.1, 0.15) is 18.4 Å². The molecule has 10 nitrogen and oxygen atoms in total. The number of sulfonamides is 1. The van der Waals surface area contributed by atoms with Crippen LogP contribution in [0.5, 0.6) is 0 Å². The quantitative estimate of drug-likeness (QED) is 0.688. The van der Waals surface area contributed by atoms with Crippen LogP contribution in [0.3, 0.4) is 0 Å². The molecule has 11 heteroatoms. The number of aryl methyl sites for hydroxylation is 1. The lowest BCUT2D eigenvalue weighted by Gasteiger charge is -2.27. The van der Waals surface area contributed by atoms with Gasteiger partial charge in [0, 0.05) is 25.7 Å². The Balaban J connectivity index is 1.44. The molecule has 172 valence electrons. The number of amidine groups is 2. The smallest absolute Gasteiger partial charge is 0.292 e. The van der Waals surface area contributed by atoms with Crippen LogP contribution in [0.15, 0.2) is 62.8 Å². The van der Waals surface area contributed by atoms with Crippen molar-refractivity contribution in [2.45, 2.75) is 24.7 Å². The standard InChI is InChI=1S/C22H24N6O4S/c1-15-5-9-17(10-6-15)28-20(29)14-23-21(25-28)22(30)24-16-7-11-18(12-8-16)33(31,32)26-19-4-3-13-27(19)2/h5-12H,3-4,13-14H2,1-2H3,(H,23,25)(H,24,30)/b26-19+. The van der Waals surface area contributed by atoms with E-state index in [4.69, 9.17) is 0 Å². The van der Waals surface area contributed by atoms with Crippen LogP contribution in [0, 0.1) is 6.92 Å². The van der Waals surface area contributed by atoms with E-state index in [1.807, 2.05) is 31.0 Å². The van der Waals surface area contributed by atoms with Gasteiger partial charge in [0.25, 0.3) is 21.8 Å². The number of hydrogen-bond donors (Lipinski definition) is 2. The molecule has 0 aliphatic carbocycles. The number of aliphatic imine (C=N–C) groups is 1. The summed E-state index contributed by atoms with van der Waals surface area (Å²) >= 11 is 0. The Morgan fingerprint density at radius 1 is 1.12 bits per heavy atom. The molecule has 4 rings (SSSR count). The molecule has 0 saturated carbocycles. The molecular formula is C22H24N6O4S. The molecule has 2 aromatic carbocycles. The second kappa shape index (κ2) is 9.02. The highest BCUT2D eigenvalue weighted by Crippen LogP contribution is 2.20. The fourth-order valence-electron chi connectivity index (χ4n) is 3.45. The third kappa shape index (κ3) is 5.03. The topological polar surface area (TPSA) is 124 Å². The van der Waals surface area contributed by atoms with Crippen molar-refractivity contribution in [2.24, 2.45) is 9.39 Å². The summed E-state index contributed by atoms with van der Waals surface area (Å²) in [4.78, 5) is 30.8. The number of hydrazine groups is 1. The van der Waals surface area contributed by atoms with Gasteiger partial charge in [-0.1, -0.05) is 17.7 Å². The minimum Gasteiger partial charge on any atom is -0.362 e. The first kappa shape index (κ1) is 22.5. The molecule has 1 saturated heterocycles. The van der Waals surface area contributed by atoms with Crippen molar-refractivity contribution in [3.05, 3.63) is 54.1 Å². The van der Waals surface area contributed by atoms with Crippen molar-refractivity contribution >= 4 is 44.9 Å². The van der Waals surface area contributed by atoms with E-state index in [0.717, 1.165) is 18.5 Å². The maximum Gasteiger partial charge on any atom is 0.292 e. The first-order valence-corrected chi connectivity index (χ1v) is 11.8. The summed E-state index contributed by atoms with van der Waals surface area (Å²) in [7, 11) is -2.02. The van der Waals surface area contributed by atoms with Crippen LogP contribution < -0.4 is 15.8 Å². The lowest BCUT2D eigenvalue weighted by Crippen LogP contribution is -2.54. The maximum absolute atomic E-state index is 12.7. The summed E-state index contributed by atoms with van der Waals surface area (Å²) in [6.07, 6.45) is 1.50. The lowest BCUT2D eigenvalue weighted by atomic mass is 10.2. The molecule has 2 N–H and O–H groups in total. The van der Waals surface area contributed by atoms with Crippen molar-refractivity contribution < 1.29 is 18.0 Å². The molecule has 2 heterocycles. The normalized spacial score (nSPS) is 17.7. The molecule has 1 fully saturated rings. The highest BCUT2D eigenvalue weighted by Gasteiger charge is 2.26. The summed E-state index contributed by atoms with van der Waals surface area (Å²) in [5, 5.41) is 3.93. The molecule has 0 spiro atoms. The molecule has 0 atom stereocenters. The van der Waals surface area contributed by atoms with Gasteiger partial charge in [-0.25, -0.2) is 5.01 Å². The SMILES string of the molecule is Cc1ccc(N2NC(C(=O)Nc3ccc(S(=O)(=O)/N=C4\CCCN4C)cc3)=NCC2=O)cc1. The van der Waals surface area contributed by atoms with E-state index in [1.54, 1.807) is 12.1 Å². The summed E-state index contributed by atoms with van der Waals surface area (Å²) in [6, 6.07) is 13.0. The van der Waals surface area contributed by atoms with Gasteiger partial charge in [0.15, 0.2) is 0 Å². The second-order valence-corrected chi connectivity index (χ2v) is 9.43. The molecule has 33 heavy (non-hydrogen) atoms. The Bertz CT molecular complexity index is 1240. The fraction of sp³-hybridized carbons (Fsp3) is 0.273. The number of benzene rings is 2. The molecule has 0 radical (unpaired) electrons. The van der Waals surface area contributed by atoms with E-state index in [1.165, 1.54) is 29.3 Å². The first-order chi connectivity index (χ1) is 15.7. The van der Waals surface area contributed by atoms with Crippen LogP contribution in [-0.2, 0) is 19.6 Å². The van der Waals surface area contributed by atoms with Gasteiger partial charge >= 0.3 is 0 Å². The van der Waals surface area contributed by atoms with Gasteiger partial charge in [0.2, 0.25) is 5.84 Å². The van der Waals surface area contributed by atoms with Crippen LogP contribution in [0.2, 0.25) is 0 Å². The number of amides is 2. The lowest BCUT2D eigenvalue weighted by molar-refractivity contribution is -0.118. The average Bonchev–Trinajstić information content (AvgIpc) is 3.18. The van der Waals surface area contributed by atoms with Crippen molar-refractivity contribution in [3.63, 3.8) is 0 Å². The Labute approximate surface area is 192 Å². The van der Waals surface area contributed by atoms with E-state index in [9.17, 15) is 18.0 Å². The molecular weight excluding hydrogens is 444 g/mol. The Morgan fingerprint density at radius 2 is 1.82 bits per heavy atom. The minimum atomic E-state index is -3.84. The van der Waals surface area contributed by atoms with Gasteiger partial charge in [-0.3, -0.25) is 20.0 Å². The van der Waals surface area contributed by atoms with E-state index in [2.05, 4.69) is 20.1 Å². The zero-order valence-electron chi connectivity index (χ0n) is 18.3. The maximum atomic E-state index is 12.7. The average molecular weight is 469 g/mol. The number of nitrogens with zero attached hydrogens (tertiary/aromatic N) is 4. The number of nitrogens with one attached hydrogen (secondary N) is 2. The number of anilines is 2. The van der Waals surface area contributed by atoms with Gasteiger partial charge in [-0.05, 0) is 49.7 Å². The molecule has 2 aliphatic heterocycles. The van der Waals surface area contributed by atoms with E-state index >= 15 is 0 Å². The predicted molar refractivity (Wildman–Crippen MR) is 126 cm³/mol. The molecule has 2 amide bonds. The summed E-state index contributed by atoms with van der Waals surface area (Å²) in [6.45, 7) is 2.55. The van der Waals surface area contributed by atoms with Crippen LogP contribution in [-0.4, -0.2) is 56.9 Å².